The fourth-order valence-corrected chi connectivity index (χ4v) is 3.74. The summed E-state index contributed by atoms with van der Waals surface area (Å²) in [4.78, 5) is 18.2. The van der Waals surface area contributed by atoms with Crippen LogP contribution in [0.5, 0.6) is 0 Å². The maximum absolute atomic E-state index is 12.9. The lowest BCUT2D eigenvalue weighted by Crippen LogP contribution is -2.40. The molecule has 140 valence electrons. The lowest BCUT2D eigenvalue weighted by atomic mass is 9.93. The van der Waals surface area contributed by atoms with E-state index < -0.39 is 11.9 Å². The van der Waals surface area contributed by atoms with Gasteiger partial charge in [0.2, 0.25) is 5.91 Å². The molecule has 0 spiro atoms. The van der Waals surface area contributed by atoms with E-state index in [-0.39, 0.29) is 11.8 Å². The molecule has 8 heteroatoms. The van der Waals surface area contributed by atoms with Crippen LogP contribution in [0.3, 0.4) is 0 Å². The van der Waals surface area contributed by atoms with Crippen LogP contribution in [0.25, 0.3) is 0 Å². The summed E-state index contributed by atoms with van der Waals surface area (Å²) in [7, 11) is 1.58. The Morgan fingerprint density at radius 2 is 2.04 bits per heavy atom. The van der Waals surface area contributed by atoms with Crippen molar-refractivity contribution >= 4 is 5.91 Å². The molecule has 0 saturated carbocycles. The summed E-state index contributed by atoms with van der Waals surface area (Å²) in [6.07, 6.45) is 0.433. The van der Waals surface area contributed by atoms with Crippen LogP contribution in [0.15, 0.2) is 6.20 Å². The van der Waals surface area contributed by atoms with Crippen LogP contribution in [0.1, 0.15) is 49.5 Å². The number of halogens is 3. The third-order valence-electron chi connectivity index (χ3n) is 5.15. The Bertz CT molecular complexity index is 609. The normalized spacial score (nSPS) is 23.0. The van der Waals surface area contributed by atoms with Crippen molar-refractivity contribution in [2.75, 3.05) is 26.3 Å². The van der Waals surface area contributed by atoms with Gasteiger partial charge >= 0.3 is 6.18 Å². The minimum atomic E-state index is -4.44. The average molecular weight is 359 g/mol. The predicted octanol–water partition coefficient (Wildman–Crippen LogP) is 2.96. The van der Waals surface area contributed by atoms with Crippen molar-refractivity contribution in [2.24, 2.45) is 13.0 Å². The first kappa shape index (κ1) is 18.2. The zero-order valence-electron chi connectivity index (χ0n) is 14.4. The first-order valence-corrected chi connectivity index (χ1v) is 8.80. The molecule has 1 atom stereocenters. The molecule has 1 amide bonds. The summed E-state index contributed by atoms with van der Waals surface area (Å²) in [5.41, 5.74) is -0.865. The second-order valence-corrected chi connectivity index (χ2v) is 7.03. The van der Waals surface area contributed by atoms with Gasteiger partial charge in [0.05, 0.1) is 0 Å². The molecular weight excluding hydrogens is 335 g/mol. The molecule has 2 aliphatic rings. The fraction of sp³-hybridized carbons (Fsp3) is 0.765. The highest BCUT2D eigenvalue weighted by molar-refractivity contribution is 5.76. The molecule has 0 N–H and O–H groups in total. The molecule has 2 aliphatic heterocycles. The number of nitrogens with zero attached hydrogens (tertiary/aromatic N) is 3. The van der Waals surface area contributed by atoms with E-state index in [0.29, 0.717) is 44.5 Å². The summed E-state index contributed by atoms with van der Waals surface area (Å²) in [5.74, 6) is 0.720. The maximum atomic E-state index is 12.9. The second-order valence-electron chi connectivity index (χ2n) is 7.03. The topological polar surface area (TPSA) is 47.4 Å². The van der Waals surface area contributed by atoms with E-state index in [4.69, 9.17) is 4.74 Å². The Morgan fingerprint density at radius 3 is 2.68 bits per heavy atom. The molecule has 0 bridgehead atoms. The number of alkyl halides is 3. The number of likely N-dealkylation sites (tertiary alicyclic amines) is 1. The van der Waals surface area contributed by atoms with E-state index in [0.717, 1.165) is 31.9 Å². The van der Waals surface area contributed by atoms with Gasteiger partial charge < -0.3 is 14.2 Å². The molecule has 0 radical (unpaired) electrons. The minimum absolute atomic E-state index is 0.0989. The van der Waals surface area contributed by atoms with Crippen molar-refractivity contribution in [3.63, 3.8) is 0 Å². The monoisotopic (exact) mass is 359 g/mol. The predicted molar refractivity (Wildman–Crippen MR) is 84.9 cm³/mol. The number of aromatic nitrogens is 2. The summed E-state index contributed by atoms with van der Waals surface area (Å²) in [6, 6.07) is 0. The Morgan fingerprint density at radius 1 is 1.32 bits per heavy atom. The maximum Gasteiger partial charge on any atom is 0.434 e. The summed E-state index contributed by atoms with van der Waals surface area (Å²) >= 11 is 0. The van der Waals surface area contributed by atoms with Gasteiger partial charge in [-0.15, -0.1) is 0 Å². The molecule has 0 aliphatic carbocycles. The fourth-order valence-electron chi connectivity index (χ4n) is 3.74. The molecule has 3 rings (SSSR count). The van der Waals surface area contributed by atoms with Crippen LogP contribution in [0.4, 0.5) is 13.2 Å². The van der Waals surface area contributed by atoms with Crippen molar-refractivity contribution in [2.45, 2.75) is 44.2 Å². The number of aryl methyl sites for hydroxylation is 1. The molecule has 0 unspecified atom stereocenters. The number of carbonyl (C=O) groups is 1. The highest BCUT2D eigenvalue weighted by Gasteiger charge is 2.36. The lowest BCUT2D eigenvalue weighted by Gasteiger charge is -2.34. The van der Waals surface area contributed by atoms with E-state index in [1.807, 2.05) is 0 Å². The standard InChI is InChI=1S/C17H24F3N3O2/c1-22-11-14(17(18,19)20)21-16(22)13-3-2-6-23(10-13)15(24)9-12-4-7-25-8-5-12/h11-13H,2-10H2,1H3/t13-/m1/s1. The molecule has 25 heavy (non-hydrogen) atoms. The second kappa shape index (κ2) is 7.35. The Labute approximate surface area is 145 Å². The van der Waals surface area contributed by atoms with Gasteiger partial charge in [-0.1, -0.05) is 0 Å². The number of hydrogen-bond acceptors (Lipinski definition) is 3. The minimum Gasteiger partial charge on any atom is -0.381 e. The first-order chi connectivity index (χ1) is 11.8. The van der Waals surface area contributed by atoms with Gasteiger partial charge in [-0.25, -0.2) is 4.98 Å². The van der Waals surface area contributed by atoms with Gasteiger partial charge in [-0.05, 0) is 31.6 Å². The zero-order chi connectivity index (χ0) is 18.0. The van der Waals surface area contributed by atoms with Crippen LogP contribution in [0.2, 0.25) is 0 Å². The van der Waals surface area contributed by atoms with E-state index in [1.165, 1.54) is 4.57 Å². The van der Waals surface area contributed by atoms with E-state index >= 15 is 0 Å². The van der Waals surface area contributed by atoms with Gasteiger partial charge in [0.25, 0.3) is 0 Å². The largest absolute Gasteiger partial charge is 0.434 e. The van der Waals surface area contributed by atoms with E-state index in [1.54, 1.807) is 11.9 Å². The Kier molecular flexibility index (Phi) is 5.36. The number of ether oxygens (including phenoxy) is 1. The number of hydrogen-bond donors (Lipinski definition) is 0. The first-order valence-electron chi connectivity index (χ1n) is 8.80. The van der Waals surface area contributed by atoms with Gasteiger partial charge in [-0.2, -0.15) is 13.2 Å². The number of rotatable bonds is 3. The molecule has 3 heterocycles. The smallest absolute Gasteiger partial charge is 0.381 e. The number of imidazole rings is 1. The Hall–Kier alpha value is -1.57. The van der Waals surface area contributed by atoms with Crippen molar-refractivity contribution in [1.82, 2.24) is 14.5 Å². The molecule has 1 aromatic heterocycles. The SMILES string of the molecule is Cn1cc(C(F)(F)F)nc1[C@@H]1CCCN(C(=O)CC2CCOCC2)C1. The average Bonchev–Trinajstić information content (AvgIpc) is 2.98. The van der Waals surface area contributed by atoms with Crippen molar-refractivity contribution < 1.29 is 22.7 Å². The van der Waals surface area contributed by atoms with E-state index in [2.05, 4.69) is 4.98 Å². The third-order valence-corrected chi connectivity index (χ3v) is 5.15. The van der Waals surface area contributed by atoms with Crippen LogP contribution < -0.4 is 0 Å². The highest BCUT2D eigenvalue weighted by Crippen LogP contribution is 2.32. The highest BCUT2D eigenvalue weighted by atomic mass is 19.4. The van der Waals surface area contributed by atoms with Gasteiger partial charge in [-0.3, -0.25) is 4.79 Å². The van der Waals surface area contributed by atoms with Gasteiger partial charge in [0.1, 0.15) is 5.82 Å². The molecule has 1 aromatic rings. The Balaban J connectivity index is 1.64. The van der Waals surface area contributed by atoms with Gasteiger partial charge in [0, 0.05) is 51.9 Å². The lowest BCUT2D eigenvalue weighted by molar-refractivity contribution is -0.141. The number of carbonyl (C=O) groups excluding carboxylic acids is 1. The van der Waals surface area contributed by atoms with E-state index in [9.17, 15) is 18.0 Å². The van der Waals surface area contributed by atoms with Crippen molar-refractivity contribution in [3.8, 4) is 0 Å². The molecule has 0 aromatic carbocycles. The van der Waals surface area contributed by atoms with Crippen LogP contribution in [-0.4, -0.2) is 46.7 Å². The summed E-state index contributed by atoms with van der Waals surface area (Å²) < 4.78 is 45.4. The van der Waals surface area contributed by atoms with Crippen LogP contribution in [0, 0.1) is 5.92 Å². The summed E-state index contributed by atoms with van der Waals surface area (Å²) in [5, 5.41) is 0. The third kappa shape index (κ3) is 4.34. The molecule has 2 fully saturated rings. The zero-order valence-corrected chi connectivity index (χ0v) is 14.4. The van der Waals surface area contributed by atoms with Crippen molar-refractivity contribution in [3.05, 3.63) is 17.7 Å². The van der Waals surface area contributed by atoms with Gasteiger partial charge in [0.15, 0.2) is 5.69 Å². The number of amides is 1. The van der Waals surface area contributed by atoms with Crippen molar-refractivity contribution in [1.29, 1.82) is 0 Å². The van der Waals surface area contributed by atoms with Crippen LogP contribution >= 0.6 is 0 Å². The molecule has 5 nitrogen and oxygen atoms in total. The van der Waals surface area contributed by atoms with Crippen LogP contribution in [-0.2, 0) is 22.8 Å². The molecular formula is C17H24F3N3O2. The summed E-state index contributed by atoms with van der Waals surface area (Å²) in [6.45, 7) is 2.53. The molecule has 2 saturated heterocycles. The quantitative estimate of drug-likeness (QED) is 0.834. The number of piperidine rings is 1.